The van der Waals surface area contributed by atoms with Gasteiger partial charge in [-0.25, -0.2) is 0 Å². The van der Waals surface area contributed by atoms with Crippen molar-refractivity contribution < 1.29 is 4.74 Å². The van der Waals surface area contributed by atoms with Crippen LogP contribution < -0.4 is 10.1 Å². The van der Waals surface area contributed by atoms with Gasteiger partial charge in [0.2, 0.25) is 0 Å². The van der Waals surface area contributed by atoms with Gasteiger partial charge < -0.3 is 10.1 Å². The maximum absolute atomic E-state index is 6.29. The molecule has 1 fully saturated rings. The molecule has 1 aromatic carbocycles. The highest BCUT2D eigenvalue weighted by Crippen LogP contribution is 2.29. The van der Waals surface area contributed by atoms with Gasteiger partial charge in [-0.05, 0) is 48.3 Å². The van der Waals surface area contributed by atoms with Gasteiger partial charge in [-0.15, -0.1) is 0 Å². The first-order valence-electron chi connectivity index (χ1n) is 8.28. The van der Waals surface area contributed by atoms with Crippen LogP contribution in [0.4, 0.5) is 0 Å². The Bertz CT molecular complexity index is 469. The van der Waals surface area contributed by atoms with Crippen molar-refractivity contribution in [3.8, 4) is 5.75 Å². The zero-order chi connectivity index (χ0) is 15.6. The van der Waals surface area contributed by atoms with E-state index in [2.05, 4.69) is 65.1 Å². The smallest absolute Gasteiger partial charge is 0.122 e. The highest BCUT2D eigenvalue weighted by Gasteiger charge is 2.24. The minimum Gasteiger partial charge on any atom is -0.489 e. The summed E-state index contributed by atoms with van der Waals surface area (Å²) in [7, 11) is 0. The lowest BCUT2D eigenvalue weighted by atomic mass is 9.86. The molecule has 0 radical (unpaired) electrons. The highest BCUT2D eigenvalue weighted by molar-refractivity contribution is 5.38. The maximum atomic E-state index is 6.29. The summed E-state index contributed by atoms with van der Waals surface area (Å²) in [6, 6.07) is 7.34. The van der Waals surface area contributed by atoms with Crippen LogP contribution in [-0.4, -0.2) is 18.7 Å². The van der Waals surface area contributed by atoms with Crippen LogP contribution >= 0.6 is 0 Å². The zero-order valence-electron chi connectivity index (χ0n) is 14.5. The molecule has 0 amide bonds. The first-order chi connectivity index (χ1) is 9.77. The molecule has 1 aromatic rings. The van der Waals surface area contributed by atoms with Gasteiger partial charge in [0.1, 0.15) is 11.9 Å². The second-order valence-electron chi connectivity index (χ2n) is 7.81. The van der Waals surface area contributed by atoms with Crippen molar-refractivity contribution in [2.75, 3.05) is 6.54 Å². The average molecular weight is 289 g/mol. The van der Waals surface area contributed by atoms with Crippen molar-refractivity contribution in [3.63, 3.8) is 0 Å². The summed E-state index contributed by atoms with van der Waals surface area (Å²) in [5.74, 6) is 1.54. The van der Waals surface area contributed by atoms with E-state index in [1.54, 1.807) is 0 Å². The van der Waals surface area contributed by atoms with E-state index in [9.17, 15) is 0 Å². The number of hydrogen-bond donors (Lipinski definition) is 1. The molecule has 1 N–H and O–H groups in total. The molecule has 1 unspecified atom stereocenters. The molecule has 0 bridgehead atoms. The van der Waals surface area contributed by atoms with Crippen LogP contribution in [0, 0.1) is 12.8 Å². The van der Waals surface area contributed by atoms with Crippen molar-refractivity contribution in [3.05, 3.63) is 29.3 Å². The molecular weight excluding hydrogens is 258 g/mol. The Morgan fingerprint density at radius 1 is 1.24 bits per heavy atom. The van der Waals surface area contributed by atoms with Gasteiger partial charge in [0, 0.05) is 12.6 Å². The van der Waals surface area contributed by atoms with Gasteiger partial charge in [0.25, 0.3) is 0 Å². The lowest BCUT2D eigenvalue weighted by molar-refractivity contribution is 0.147. The van der Waals surface area contributed by atoms with E-state index in [1.807, 2.05) is 0 Å². The van der Waals surface area contributed by atoms with E-state index in [0.717, 1.165) is 18.3 Å². The van der Waals surface area contributed by atoms with Gasteiger partial charge in [-0.3, -0.25) is 0 Å². The summed E-state index contributed by atoms with van der Waals surface area (Å²) in [5, 5.41) is 3.59. The number of ether oxygens (including phenoxy) is 1. The Labute approximate surface area is 130 Å². The van der Waals surface area contributed by atoms with Crippen molar-refractivity contribution in [1.29, 1.82) is 0 Å². The fourth-order valence-electron chi connectivity index (χ4n) is 2.39. The first kappa shape index (κ1) is 16.4. The second-order valence-corrected chi connectivity index (χ2v) is 7.81. The van der Waals surface area contributed by atoms with E-state index in [0.29, 0.717) is 5.92 Å². The maximum Gasteiger partial charge on any atom is 0.122 e. The van der Waals surface area contributed by atoms with Crippen molar-refractivity contribution in [2.24, 2.45) is 5.92 Å². The molecule has 0 spiro atoms. The SMILES string of the molecule is Cc1cc(C(C)(C)C)ccc1OC(CNC1CC1)C(C)C. The number of rotatable bonds is 6. The molecule has 1 aliphatic rings. The fraction of sp³-hybridized carbons (Fsp3) is 0.684. The van der Waals surface area contributed by atoms with Crippen molar-refractivity contribution in [1.82, 2.24) is 5.32 Å². The highest BCUT2D eigenvalue weighted by atomic mass is 16.5. The van der Waals surface area contributed by atoms with Crippen molar-refractivity contribution >= 4 is 0 Å². The Kier molecular flexibility index (Phi) is 4.98. The topological polar surface area (TPSA) is 21.3 Å². The molecule has 0 heterocycles. The molecule has 2 heteroatoms. The average Bonchev–Trinajstić information content (AvgIpc) is 3.18. The van der Waals surface area contributed by atoms with Crippen LogP contribution in [0.5, 0.6) is 5.75 Å². The fourth-order valence-corrected chi connectivity index (χ4v) is 2.39. The normalized spacial score (nSPS) is 17.1. The van der Waals surface area contributed by atoms with Crippen LogP contribution in [0.2, 0.25) is 0 Å². The molecule has 2 nitrogen and oxygen atoms in total. The number of benzene rings is 1. The van der Waals surface area contributed by atoms with E-state index in [4.69, 9.17) is 4.74 Å². The second kappa shape index (κ2) is 6.39. The summed E-state index contributed by atoms with van der Waals surface area (Å²) in [4.78, 5) is 0. The molecule has 1 atom stereocenters. The summed E-state index contributed by atoms with van der Waals surface area (Å²) in [6.45, 7) is 14.3. The summed E-state index contributed by atoms with van der Waals surface area (Å²) in [6.07, 6.45) is 2.89. The minimum atomic E-state index is 0.189. The van der Waals surface area contributed by atoms with E-state index in [1.165, 1.54) is 24.0 Å². The Balaban J connectivity index is 2.05. The number of hydrogen-bond acceptors (Lipinski definition) is 2. The quantitative estimate of drug-likeness (QED) is 0.835. The molecule has 21 heavy (non-hydrogen) atoms. The molecular formula is C19H31NO. The third-order valence-corrected chi connectivity index (χ3v) is 4.25. The van der Waals surface area contributed by atoms with Gasteiger partial charge in [0.15, 0.2) is 0 Å². The molecule has 2 rings (SSSR count). The van der Waals surface area contributed by atoms with Crippen LogP contribution in [0.25, 0.3) is 0 Å². The predicted octanol–water partition coefficient (Wildman–Crippen LogP) is 4.45. The van der Waals surface area contributed by atoms with Gasteiger partial charge in [-0.2, -0.15) is 0 Å². The lowest BCUT2D eigenvalue weighted by Gasteiger charge is -2.25. The Morgan fingerprint density at radius 2 is 1.90 bits per heavy atom. The van der Waals surface area contributed by atoms with E-state index >= 15 is 0 Å². The van der Waals surface area contributed by atoms with Crippen LogP contribution in [-0.2, 0) is 5.41 Å². The van der Waals surface area contributed by atoms with Crippen LogP contribution in [0.1, 0.15) is 58.6 Å². The van der Waals surface area contributed by atoms with Gasteiger partial charge in [0.05, 0.1) is 0 Å². The van der Waals surface area contributed by atoms with Crippen LogP contribution in [0.3, 0.4) is 0 Å². The van der Waals surface area contributed by atoms with Crippen molar-refractivity contribution in [2.45, 2.75) is 71.9 Å². The first-order valence-corrected chi connectivity index (χ1v) is 8.28. The molecule has 1 saturated carbocycles. The molecule has 0 aromatic heterocycles. The monoisotopic (exact) mass is 289 g/mol. The van der Waals surface area contributed by atoms with Crippen LogP contribution in [0.15, 0.2) is 18.2 Å². The minimum absolute atomic E-state index is 0.189. The third kappa shape index (κ3) is 4.74. The Morgan fingerprint density at radius 3 is 2.38 bits per heavy atom. The largest absolute Gasteiger partial charge is 0.489 e. The third-order valence-electron chi connectivity index (χ3n) is 4.25. The molecule has 0 aliphatic heterocycles. The molecule has 118 valence electrons. The van der Waals surface area contributed by atoms with E-state index < -0.39 is 0 Å². The standard InChI is InChI=1S/C19H31NO/c1-13(2)18(12-20-16-8-9-16)21-17-10-7-15(11-14(17)3)19(4,5)6/h7,10-11,13,16,18,20H,8-9,12H2,1-6H3. The number of aryl methyl sites for hydroxylation is 1. The zero-order valence-corrected chi connectivity index (χ0v) is 14.5. The lowest BCUT2D eigenvalue weighted by Crippen LogP contribution is -2.36. The summed E-state index contributed by atoms with van der Waals surface area (Å²) < 4.78 is 6.29. The summed E-state index contributed by atoms with van der Waals surface area (Å²) in [5.41, 5.74) is 2.79. The molecule has 1 aliphatic carbocycles. The Hall–Kier alpha value is -1.02. The van der Waals surface area contributed by atoms with Gasteiger partial charge in [-0.1, -0.05) is 46.8 Å². The van der Waals surface area contributed by atoms with Gasteiger partial charge >= 0.3 is 0 Å². The predicted molar refractivity (Wildman–Crippen MR) is 90.2 cm³/mol. The van der Waals surface area contributed by atoms with E-state index in [-0.39, 0.29) is 11.5 Å². The summed E-state index contributed by atoms with van der Waals surface area (Å²) >= 11 is 0. The molecule has 0 saturated heterocycles. The number of nitrogens with one attached hydrogen (secondary N) is 1.